The molecule has 0 saturated carbocycles. The third-order valence-electron chi connectivity index (χ3n) is 5.67. The fraction of sp³-hybridized carbons (Fsp3) is 0.391. The topological polar surface area (TPSA) is 22.3 Å². The maximum absolute atomic E-state index is 13.5. The Hall–Kier alpha value is -2.17. The number of aromatic nitrogens is 1. The molecule has 2 aromatic carbocycles. The summed E-state index contributed by atoms with van der Waals surface area (Å²) < 4.78 is 13.5. The SMILES string of the molecule is Fc1ccc2[nH]cc(CCCN3CCN(CCc4ccccc4)CC3)c2c1. The van der Waals surface area contributed by atoms with Crippen molar-refractivity contribution in [3.05, 3.63) is 71.7 Å². The summed E-state index contributed by atoms with van der Waals surface area (Å²) in [4.78, 5) is 8.39. The van der Waals surface area contributed by atoms with Crippen LogP contribution in [-0.2, 0) is 12.8 Å². The largest absolute Gasteiger partial charge is 0.361 e. The molecule has 4 heteroatoms. The highest BCUT2D eigenvalue weighted by Crippen LogP contribution is 2.20. The molecule has 27 heavy (non-hydrogen) atoms. The zero-order chi connectivity index (χ0) is 18.5. The number of hydrogen-bond donors (Lipinski definition) is 1. The van der Waals surface area contributed by atoms with Crippen molar-refractivity contribution in [3.63, 3.8) is 0 Å². The lowest BCUT2D eigenvalue weighted by molar-refractivity contribution is 0.132. The van der Waals surface area contributed by atoms with Gasteiger partial charge in [-0.1, -0.05) is 30.3 Å². The summed E-state index contributed by atoms with van der Waals surface area (Å²) in [5, 5.41) is 1.03. The van der Waals surface area contributed by atoms with Crippen molar-refractivity contribution in [2.45, 2.75) is 19.3 Å². The van der Waals surface area contributed by atoms with E-state index < -0.39 is 0 Å². The van der Waals surface area contributed by atoms with Crippen LogP contribution in [-0.4, -0.2) is 54.1 Å². The number of nitrogens with zero attached hydrogens (tertiary/aromatic N) is 2. The Balaban J connectivity index is 1.19. The molecule has 1 aromatic heterocycles. The van der Waals surface area contributed by atoms with E-state index in [4.69, 9.17) is 0 Å². The minimum atomic E-state index is -0.157. The maximum Gasteiger partial charge on any atom is 0.123 e. The van der Waals surface area contributed by atoms with Gasteiger partial charge in [0.15, 0.2) is 0 Å². The quantitative estimate of drug-likeness (QED) is 0.681. The summed E-state index contributed by atoms with van der Waals surface area (Å²) in [5.74, 6) is -0.157. The third kappa shape index (κ3) is 4.76. The van der Waals surface area contributed by atoms with Crippen LogP contribution in [0.1, 0.15) is 17.5 Å². The number of fused-ring (bicyclic) bond motifs is 1. The molecule has 0 aliphatic carbocycles. The number of H-pyrrole nitrogens is 1. The molecule has 2 heterocycles. The molecule has 0 atom stereocenters. The number of nitrogens with one attached hydrogen (secondary N) is 1. The van der Waals surface area contributed by atoms with Gasteiger partial charge in [-0.05, 0) is 55.1 Å². The summed E-state index contributed by atoms with van der Waals surface area (Å²) in [7, 11) is 0. The van der Waals surface area contributed by atoms with Gasteiger partial charge in [-0.25, -0.2) is 4.39 Å². The number of rotatable bonds is 7. The highest BCUT2D eigenvalue weighted by Gasteiger charge is 2.16. The van der Waals surface area contributed by atoms with Gasteiger partial charge in [0, 0.05) is 49.8 Å². The van der Waals surface area contributed by atoms with Crippen molar-refractivity contribution in [1.82, 2.24) is 14.8 Å². The minimum absolute atomic E-state index is 0.157. The van der Waals surface area contributed by atoms with E-state index in [-0.39, 0.29) is 5.82 Å². The van der Waals surface area contributed by atoms with Crippen LogP contribution in [0.4, 0.5) is 4.39 Å². The van der Waals surface area contributed by atoms with Crippen LogP contribution >= 0.6 is 0 Å². The number of aromatic amines is 1. The normalized spacial score (nSPS) is 16.2. The molecular formula is C23H28FN3. The van der Waals surface area contributed by atoms with Gasteiger partial charge in [0.05, 0.1) is 0 Å². The second-order valence-electron chi connectivity index (χ2n) is 7.53. The molecule has 0 radical (unpaired) electrons. The van der Waals surface area contributed by atoms with Crippen LogP contribution in [0.3, 0.4) is 0 Å². The monoisotopic (exact) mass is 365 g/mol. The molecule has 142 valence electrons. The summed E-state index contributed by atoms with van der Waals surface area (Å²) >= 11 is 0. The van der Waals surface area contributed by atoms with Gasteiger partial charge in [0.2, 0.25) is 0 Å². The van der Waals surface area contributed by atoms with E-state index >= 15 is 0 Å². The average Bonchev–Trinajstić information content (AvgIpc) is 3.10. The summed E-state index contributed by atoms with van der Waals surface area (Å²) in [6.07, 6.45) is 5.29. The first-order valence-electron chi connectivity index (χ1n) is 10.0. The Bertz CT molecular complexity index is 850. The maximum atomic E-state index is 13.5. The Morgan fingerprint density at radius 3 is 2.37 bits per heavy atom. The van der Waals surface area contributed by atoms with Gasteiger partial charge < -0.3 is 14.8 Å². The fourth-order valence-electron chi connectivity index (χ4n) is 4.02. The second-order valence-corrected chi connectivity index (χ2v) is 7.53. The zero-order valence-corrected chi connectivity index (χ0v) is 15.8. The average molecular weight is 365 g/mol. The standard InChI is InChI=1S/C23H28FN3/c24-21-8-9-23-22(17-21)20(18-25-23)7-4-11-26-13-15-27(16-14-26)12-10-19-5-2-1-3-6-19/h1-3,5-6,8-9,17-18,25H,4,7,10-16H2. The molecule has 1 fully saturated rings. The molecule has 1 aliphatic rings. The van der Waals surface area contributed by atoms with Gasteiger partial charge in [-0.2, -0.15) is 0 Å². The van der Waals surface area contributed by atoms with Crippen molar-refractivity contribution < 1.29 is 4.39 Å². The molecule has 1 aliphatic heterocycles. The van der Waals surface area contributed by atoms with E-state index in [1.54, 1.807) is 6.07 Å². The Labute approximate surface area is 160 Å². The van der Waals surface area contributed by atoms with Gasteiger partial charge in [-0.15, -0.1) is 0 Å². The zero-order valence-electron chi connectivity index (χ0n) is 15.8. The molecule has 4 rings (SSSR count). The number of hydrogen-bond acceptors (Lipinski definition) is 2. The van der Waals surface area contributed by atoms with Crippen molar-refractivity contribution in [3.8, 4) is 0 Å². The number of piperazine rings is 1. The van der Waals surface area contributed by atoms with Crippen molar-refractivity contribution in [2.75, 3.05) is 39.3 Å². The smallest absolute Gasteiger partial charge is 0.123 e. The van der Waals surface area contributed by atoms with Crippen LogP contribution in [0.25, 0.3) is 10.9 Å². The van der Waals surface area contributed by atoms with Crippen molar-refractivity contribution in [2.24, 2.45) is 0 Å². The van der Waals surface area contributed by atoms with Gasteiger partial charge in [-0.3, -0.25) is 0 Å². The Morgan fingerprint density at radius 2 is 1.59 bits per heavy atom. The lowest BCUT2D eigenvalue weighted by atomic mass is 10.1. The molecule has 0 spiro atoms. The molecular weight excluding hydrogens is 337 g/mol. The fourth-order valence-corrected chi connectivity index (χ4v) is 4.02. The molecule has 0 amide bonds. The summed E-state index contributed by atoms with van der Waals surface area (Å²) in [5.41, 5.74) is 3.68. The Kier molecular flexibility index (Phi) is 5.85. The number of halogens is 1. The van der Waals surface area contributed by atoms with Gasteiger partial charge in [0.25, 0.3) is 0 Å². The van der Waals surface area contributed by atoms with Crippen LogP contribution in [0.2, 0.25) is 0 Å². The van der Waals surface area contributed by atoms with Crippen LogP contribution < -0.4 is 0 Å². The first-order chi connectivity index (χ1) is 13.3. The first-order valence-corrected chi connectivity index (χ1v) is 10.0. The van der Waals surface area contributed by atoms with Crippen molar-refractivity contribution >= 4 is 10.9 Å². The molecule has 1 N–H and O–H groups in total. The van der Waals surface area contributed by atoms with Crippen molar-refractivity contribution in [1.29, 1.82) is 0 Å². The second kappa shape index (κ2) is 8.68. The van der Waals surface area contributed by atoms with E-state index in [9.17, 15) is 4.39 Å². The van der Waals surface area contributed by atoms with Crippen LogP contribution in [0, 0.1) is 5.82 Å². The van der Waals surface area contributed by atoms with E-state index in [2.05, 4.69) is 45.1 Å². The third-order valence-corrected chi connectivity index (χ3v) is 5.67. The molecule has 0 unspecified atom stereocenters. The van der Waals surface area contributed by atoms with Crippen LogP contribution in [0.5, 0.6) is 0 Å². The van der Waals surface area contributed by atoms with E-state index in [0.717, 1.165) is 69.4 Å². The highest BCUT2D eigenvalue weighted by molar-refractivity contribution is 5.83. The van der Waals surface area contributed by atoms with E-state index in [1.165, 1.54) is 17.2 Å². The summed E-state index contributed by atoms with van der Waals surface area (Å²) in [6, 6.07) is 15.7. The molecule has 3 aromatic rings. The molecule has 0 bridgehead atoms. The summed E-state index contributed by atoms with van der Waals surface area (Å²) in [6.45, 7) is 6.89. The minimum Gasteiger partial charge on any atom is -0.361 e. The highest BCUT2D eigenvalue weighted by atomic mass is 19.1. The molecule has 3 nitrogen and oxygen atoms in total. The first kappa shape index (κ1) is 18.2. The number of benzene rings is 2. The van der Waals surface area contributed by atoms with Crippen LogP contribution in [0.15, 0.2) is 54.7 Å². The van der Waals surface area contributed by atoms with Gasteiger partial charge in [0.1, 0.15) is 5.82 Å². The lowest BCUT2D eigenvalue weighted by Gasteiger charge is -2.34. The predicted octanol–water partition coefficient (Wildman–Crippen LogP) is 4.10. The predicted molar refractivity (Wildman–Crippen MR) is 110 cm³/mol. The number of aryl methyl sites for hydroxylation is 1. The van der Waals surface area contributed by atoms with E-state index in [1.807, 2.05) is 12.3 Å². The van der Waals surface area contributed by atoms with Gasteiger partial charge >= 0.3 is 0 Å². The molecule has 1 saturated heterocycles. The van der Waals surface area contributed by atoms with E-state index in [0.29, 0.717) is 0 Å². The Morgan fingerprint density at radius 1 is 0.852 bits per heavy atom. The lowest BCUT2D eigenvalue weighted by Crippen LogP contribution is -2.47.